The number of nitrogens with zero attached hydrogens (tertiary/aromatic N) is 1. The first-order chi connectivity index (χ1) is 6.27. The molecule has 2 aromatic rings. The molecule has 4 nitrogen and oxygen atoms in total. The van der Waals surface area contributed by atoms with E-state index in [1.54, 1.807) is 6.07 Å². The van der Waals surface area contributed by atoms with Gasteiger partial charge in [0.2, 0.25) is 0 Å². The quantitative estimate of drug-likeness (QED) is 0.667. The van der Waals surface area contributed by atoms with Crippen LogP contribution in [-0.4, -0.2) is 5.16 Å². The molecule has 13 heavy (non-hydrogen) atoms. The van der Waals surface area contributed by atoms with Gasteiger partial charge in [-0.05, 0) is 17.3 Å². The fourth-order valence-electron chi connectivity index (χ4n) is 0.934. The third-order valence-corrected chi connectivity index (χ3v) is 1.49. The van der Waals surface area contributed by atoms with Gasteiger partial charge in [-0.15, -0.1) is 0 Å². The maximum Gasteiger partial charge on any atom is 0.542 e. The van der Waals surface area contributed by atoms with Crippen LogP contribution in [0.1, 0.15) is 0 Å². The smallest absolute Gasteiger partial charge is 0.370 e. The molecule has 0 bridgehead atoms. The van der Waals surface area contributed by atoms with Crippen LogP contribution in [0.4, 0.5) is 4.39 Å². The van der Waals surface area contributed by atoms with Gasteiger partial charge in [-0.25, -0.2) is 9.18 Å². The molecular weight excluding hydrogens is 177 g/mol. The molecule has 0 unspecified atom stereocenters. The van der Waals surface area contributed by atoms with Crippen LogP contribution >= 0.6 is 0 Å². The minimum absolute atomic E-state index is 0.105. The molecule has 0 aliphatic rings. The first-order valence-corrected chi connectivity index (χ1v) is 3.49. The van der Waals surface area contributed by atoms with Gasteiger partial charge < -0.3 is 4.42 Å². The highest BCUT2D eigenvalue weighted by molar-refractivity contribution is 5.52. The van der Waals surface area contributed by atoms with E-state index >= 15 is 0 Å². The van der Waals surface area contributed by atoms with Gasteiger partial charge >= 0.3 is 5.82 Å². The fourth-order valence-corrected chi connectivity index (χ4v) is 0.934. The van der Waals surface area contributed by atoms with E-state index in [0.717, 1.165) is 0 Å². The Labute approximate surface area is 71.6 Å². The van der Waals surface area contributed by atoms with Crippen molar-refractivity contribution < 1.29 is 13.3 Å². The highest BCUT2D eigenvalue weighted by atomic mass is 19.1. The molecule has 0 radical (unpaired) electrons. The van der Waals surface area contributed by atoms with Crippen LogP contribution in [0.3, 0.4) is 0 Å². The van der Waals surface area contributed by atoms with Crippen molar-refractivity contribution in [1.29, 1.82) is 0 Å². The largest absolute Gasteiger partial charge is 0.542 e. The first kappa shape index (κ1) is 7.72. The van der Waals surface area contributed by atoms with Crippen molar-refractivity contribution in [1.82, 2.24) is 5.16 Å². The summed E-state index contributed by atoms with van der Waals surface area (Å²) in [4.78, 5) is 10.5. The molecular formula is C8H4FNO3. The maximum atomic E-state index is 13.0. The third-order valence-electron chi connectivity index (χ3n) is 1.49. The average Bonchev–Trinajstić information content (AvgIpc) is 2.53. The van der Waals surface area contributed by atoms with Crippen LogP contribution in [0.5, 0.6) is 0 Å². The second kappa shape index (κ2) is 2.85. The topological polar surface area (TPSA) is 56.2 Å². The van der Waals surface area contributed by atoms with Crippen molar-refractivity contribution in [3.05, 3.63) is 40.7 Å². The van der Waals surface area contributed by atoms with E-state index in [2.05, 4.69) is 14.1 Å². The maximum absolute atomic E-state index is 13.0. The van der Waals surface area contributed by atoms with Gasteiger partial charge in [0.05, 0.1) is 5.56 Å². The molecule has 0 fully saturated rings. The fraction of sp³-hybridized carbons (Fsp3) is 0. The number of rotatable bonds is 1. The van der Waals surface area contributed by atoms with Gasteiger partial charge in [-0.1, -0.05) is 12.1 Å². The predicted octanol–water partition coefficient (Wildman–Crippen LogP) is 1.43. The molecule has 0 saturated heterocycles. The van der Waals surface area contributed by atoms with Crippen LogP contribution in [-0.2, 0) is 0 Å². The zero-order chi connectivity index (χ0) is 9.26. The van der Waals surface area contributed by atoms with E-state index in [1.165, 1.54) is 18.2 Å². The van der Waals surface area contributed by atoms with Crippen LogP contribution in [0.2, 0.25) is 0 Å². The molecule has 2 rings (SSSR count). The standard InChI is InChI=1S/C8H4FNO3/c9-6-4-2-1-3-5(6)7-10-13-8(11)12-7/h1-4H. The molecule has 0 atom stereocenters. The van der Waals surface area contributed by atoms with E-state index in [-0.39, 0.29) is 11.5 Å². The minimum Gasteiger partial charge on any atom is -0.370 e. The van der Waals surface area contributed by atoms with Gasteiger partial charge in [0.1, 0.15) is 5.82 Å². The summed E-state index contributed by atoms with van der Waals surface area (Å²) >= 11 is 0. The van der Waals surface area contributed by atoms with Gasteiger partial charge in [-0.2, -0.15) is 0 Å². The summed E-state index contributed by atoms with van der Waals surface area (Å²) in [6.07, 6.45) is 0. The Hall–Kier alpha value is -1.91. The second-order valence-electron chi connectivity index (χ2n) is 2.32. The van der Waals surface area contributed by atoms with Gasteiger partial charge in [-0.3, -0.25) is 4.52 Å². The molecule has 0 spiro atoms. The predicted molar refractivity (Wildman–Crippen MR) is 40.4 cm³/mol. The van der Waals surface area contributed by atoms with Crippen molar-refractivity contribution in [2.45, 2.75) is 0 Å². The molecule has 0 N–H and O–H groups in total. The summed E-state index contributed by atoms with van der Waals surface area (Å²) in [7, 11) is 0. The normalized spacial score (nSPS) is 10.2. The highest BCUT2D eigenvalue weighted by Gasteiger charge is 2.10. The second-order valence-corrected chi connectivity index (χ2v) is 2.32. The van der Waals surface area contributed by atoms with Crippen LogP contribution in [0, 0.1) is 5.82 Å². The lowest BCUT2D eigenvalue weighted by Gasteiger charge is -1.93. The van der Waals surface area contributed by atoms with Gasteiger partial charge in [0.15, 0.2) is 0 Å². The number of hydrogen-bond donors (Lipinski definition) is 0. The number of aromatic nitrogens is 1. The Morgan fingerprint density at radius 1 is 1.31 bits per heavy atom. The summed E-state index contributed by atoms with van der Waals surface area (Å²) in [5.41, 5.74) is 0.105. The molecule has 0 saturated carbocycles. The Morgan fingerprint density at radius 2 is 2.08 bits per heavy atom. The lowest BCUT2D eigenvalue weighted by molar-refractivity contribution is 0.335. The highest BCUT2D eigenvalue weighted by Crippen LogP contribution is 2.18. The molecule has 1 aromatic carbocycles. The van der Waals surface area contributed by atoms with Crippen molar-refractivity contribution in [2.24, 2.45) is 0 Å². The van der Waals surface area contributed by atoms with Crippen molar-refractivity contribution in [2.75, 3.05) is 0 Å². The third kappa shape index (κ3) is 1.35. The van der Waals surface area contributed by atoms with Gasteiger partial charge in [0.25, 0.3) is 5.89 Å². The Bertz CT molecular complexity index is 474. The monoisotopic (exact) mass is 181 g/mol. The Kier molecular flexibility index (Phi) is 1.70. The lowest BCUT2D eigenvalue weighted by atomic mass is 10.2. The van der Waals surface area contributed by atoms with Crippen molar-refractivity contribution >= 4 is 0 Å². The Balaban J connectivity index is 2.58. The zero-order valence-electron chi connectivity index (χ0n) is 6.36. The molecule has 66 valence electrons. The molecule has 0 aliphatic heterocycles. The molecule has 1 heterocycles. The average molecular weight is 181 g/mol. The van der Waals surface area contributed by atoms with Gasteiger partial charge in [0, 0.05) is 0 Å². The molecule has 0 aliphatic carbocycles. The van der Waals surface area contributed by atoms with Crippen LogP contribution in [0.15, 0.2) is 38.0 Å². The summed E-state index contributed by atoms with van der Waals surface area (Å²) in [5, 5.41) is 3.25. The van der Waals surface area contributed by atoms with Crippen LogP contribution in [0.25, 0.3) is 11.5 Å². The number of benzene rings is 1. The summed E-state index contributed by atoms with van der Waals surface area (Å²) in [6.45, 7) is 0. The minimum atomic E-state index is -0.946. The van der Waals surface area contributed by atoms with E-state index in [1.807, 2.05) is 0 Å². The van der Waals surface area contributed by atoms with E-state index in [0.29, 0.717) is 0 Å². The van der Waals surface area contributed by atoms with Crippen LogP contribution < -0.4 is 5.82 Å². The summed E-state index contributed by atoms with van der Waals surface area (Å²) < 4.78 is 21.7. The molecule has 5 heteroatoms. The summed E-state index contributed by atoms with van der Waals surface area (Å²) in [5.74, 6) is -1.61. The summed E-state index contributed by atoms with van der Waals surface area (Å²) in [6, 6.07) is 5.81. The van der Waals surface area contributed by atoms with Crippen molar-refractivity contribution in [3.8, 4) is 11.5 Å². The van der Waals surface area contributed by atoms with Crippen molar-refractivity contribution in [3.63, 3.8) is 0 Å². The number of hydrogen-bond acceptors (Lipinski definition) is 4. The Morgan fingerprint density at radius 3 is 2.69 bits per heavy atom. The molecule has 1 aromatic heterocycles. The SMILES string of the molecule is O=c1onc(-c2ccccc2F)o1. The lowest BCUT2D eigenvalue weighted by Crippen LogP contribution is -1.86. The van der Waals surface area contributed by atoms with E-state index in [9.17, 15) is 9.18 Å². The van der Waals surface area contributed by atoms with E-state index < -0.39 is 11.6 Å². The first-order valence-electron chi connectivity index (χ1n) is 3.49. The number of halogens is 1. The van der Waals surface area contributed by atoms with E-state index in [4.69, 9.17) is 0 Å². The zero-order valence-corrected chi connectivity index (χ0v) is 6.36. The molecule has 0 amide bonds.